The van der Waals surface area contributed by atoms with Gasteiger partial charge in [-0.1, -0.05) is 18.2 Å². The summed E-state index contributed by atoms with van der Waals surface area (Å²) in [5.74, 6) is 0.342. The Kier molecular flexibility index (Phi) is 5.89. The number of hydrogen-bond acceptors (Lipinski definition) is 6. The van der Waals surface area contributed by atoms with E-state index in [4.69, 9.17) is 14.2 Å². The van der Waals surface area contributed by atoms with Crippen molar-refractivity contribution < 1.29 is 28.2 Å². The fourth-order valence-electron chi connectivity index (χ4n) is 2.77. The van der Waals surface area contributed by atoms with Crippen LogP contribution in [0, 0.1) is 5.82 Å². The number of ether oxygens (including phenoxy) is 3. The van der Waals surface area contributed by atoms with Gasteiger partial charge in [-0.05, 0) is 41.6 Å². The third-order valence-corrected chi connectivity index (χ3v) is 5.05. The minimum absolute atomic E-state index is 0.121. The summed E-state index contributed by atoms with van der Waals surface area (Å²) in [6.07, 6.45) is 1.57. The quantitative estimate of drug-likeness (QED) is 0.677. The second-order valence-electron chi connectivity index (χ2n) is 5.82. The summed E-state index contributed by atoms with van der Waals surface area (Å²) in [5.41, 5.74) is 0.879. The SMILES string of the molecule is COc1cc(/C=C2\SC(=O)N(Cc3ccccc3F)C2=O)cc(OC)c1OC. The van der Waals surface area contributed by atoms with Crippen molar-refractivity contribution in [2.75, 3.05) is 21.3 Å². The maximum atomic E-state index is 13.9. The van der Waals surface area contributed by atoms with Gasteiger partial charge < -0.3 is 14.2 Å². The smallest absolute Gasteiger partial charge is 0.293 e. The van der Waals surface area contributed by atoms with Crippen LogP contribution < -0.4 is 14.2 Å². The Morgan fingerprint density at radius 2 is 1.68 bits per heavy atom. The summed E-state index contributed by atoms with van der Waals surface area (Å²) in [6.45, 7) is -0.121. The molecule has 0 aliphatic carbocycles. The van der Waals surface area contributed by atoms with Gasteiger partial charge in [0, 0.05) is 5.56 Å². The summed E-state index contributed by atoms with van der Waals surface area (Å²) in [7, 11) is 4.47. The molecule has 0 atom stereocenters. The average molecular weight is 403 g/mol. The lowest BCUT2D eigenvalue weighted by Gasteiger charge is -2.13. The molecule has 1 aliphatic heterocycles. The molecule has 3 rings (SSSR count). The lowest BCUT2D eigenvalue weighted by molar-refractivity contribution is -0.123. The van der Waals surface area contributed by atoms with Gasteiger partial charge in [-0.3, -0.25) is 14.5 Å². The zero-order valence-corrected chi connectivity index (χ0v) is 16.3. The van der Waals surface area contributed by atoms with E-state index < -0.39 is 17.0 Å². The minimum Gasteiger partial charge on any atom is -0.493 e. The van der Waals surface area contributed by atoms with Crippen LogP contribution in [0.3, 0.4) is 0 Å². The molecule has 8 heteroatoms. The number of rotatable bonds is 6. The molecule has 1 saturated heterocycles. The lowest BCUT2D eigenvalue weighted by Crippen LogP contribution is -2.27. The second-order valence-corrected chi connectivity index (χ2v) is 6.81. The van der Waals surface area contributed by atoms with Gasteiger partial charge in [0.15, 0.2) is 11.5 Å². The molecule has 0 N–H and O–H groups in total. The standard InChI is InChI=1S/C20H18FNO5S/c1-25-15-8-12(9-16(26-2)18(15)27-3)10-17-19(23)22(20(24)28-17)11-13-6-4-5-7-14(13)21/h4-10H,11H2,1-3H3/b17-10-. The van der Waals surface area contributed by atoms with Crippen molar-refractivity contribution in [2.24, 2.45) is 0 Å². The van der Waals surface area contributed by atoms with Gasteiger partial charge in [0.05, 0.1) is 32.8 Å². The first-order valence-electron chi connectivity index (χ1n) is 8.27. The van der Waals surface area contributed by atoms with Crippen LogP contribution in [0.25, 0.3) is 6.08 Å². The average Bonchev–Trinajstić information content (AvgIpc) is 2.96. The summed E-state index contributed by atoms with van der Waals surface area (Å²) < 4.78 is 29.7. The minimum atomic E-state index is -0.480. The van der Waals surface area contributed by atoms with E-state index in [9.17, 15) is 14.0 Å². The lowest BCUT2D eigenvalue weighted by atomic mass is 10.1. The molecule has 0 spiro atoms. The van der Waals surface area contributed by atoms with Gasteiger partial charge in [-0.2, -0.15) is 0 Å². The molecule has 0 unspecified atom stereocenters. The van der Waals surface area contributed by atoms with Gasteiger partial charge in [-0.25, -0.2) is 4.39 Å². The van der Waals surface area contributed by atoms with Gasteiger partial charge in [0.2, 0.25) is 5.75 Å². The van der Waals surface area contributed by atoms with Crippen LogP contribution in [0.5, 0.6) is 17.2 Å². The van der Waals surface area contributed by atoms with Crippen LogP contribution in [0.1, 0.15) is 11.1 Å². The molecule has 0 bridgehead atoms. The van der Waals surface area contributed by atoms with Gasteiger partial charge in [-0.15, -0.1) is 0 Å². The third-order valence-electron chi connectivity index (χ3n) is 4.14. The maximum absolute atomic E-state index is 13.9. The topological polar surface area (TPSA) is 65.1 Å². The summed E-state index contributed by atoms with van der Waals surface area (Å²) >= 11 is 0.802. The second kappa shape index (κ2) is 8.35. The number of thioether (sulfide) groups is 1. The molecule has 6 nitrogen and oxygen atoms in total. The molecule has 2 aromatic rings. The molecule has 0 saturated carbocycles. The molecule has 146 valence electrons. The molecule has 2 aromatic carbocycles. The van der Waals surface area contributed by atoms with E-state index in [2.05, 4.69) is 0 Å². The molecule has 1 aliphatic rings. The number of carbonyl (C=O) groups excluding carboxylic acids is 2. The number of nitrogens with zero attached hydrogens (tertiary/aromatic N) is 1. The number of carbonyl (C=O) groups is 2. The summed E-state index contributed by atoms with van der Waals surface area (Å²) in [5, 5.41) is -0.452. The Hall–Kier alpha value is -3.00. The van der Waals surface area contributed by atoms with Crippen LogP contribution in [0.4, 0.5) is 9.18 Å². The summed E-state index contributed by atoms with van der Waals surface area (Å²) in [6, 6.07) is 9.39. The molecule has 1 heterocycles. The highest BCUT2D eigenvalue weighted by Gasteiger charge is 2.35. The Morgan fingerprint density at radius 1 is 1.04 bits per heavy atom. The Balaban J connectivity index is 1.90. The zero-order valence-electron chi connectivity index (χ0n) is 15.5. The van der Waals surface area contributed by atoms with Gasteiger partial charge in [0.1, 0.15) is 5.82 Å². The van der Waals surface area contributed by atoms with Crippen molar-refractivity contribution in [1.29, 1.82) is 0 Å². The van der Waals surface area contributed by atoms with Crippen LogP contribution in [0.2, 0.25) is 0 Å². The number of benzene rings is 2. The highest BCUT2D eigenvalue weighted by Crippen LogP contribution is 2.40. The third kappa shape index (κ3) is 3.82. The van der Waals surface area contributed by atoms with Crippen molar-refractivity contribution in [1.82, 2.24) is 4.90 Å². The van der Waals surface area contributed by atoms with E-state index in [1.54, 1.807) is 36.4 Å². The predicted octanol–water partition coefficient (Wildman–Crippen LogP) is 4.09. The Bertz CT molecular complexity index is 934. The van der Waals surface area contributed by atoms with Crippen molar-refractivity contribution in [2.45, 2.75) is 6.54 Å². The number of imide groups is 1. The van der Waals surface area contributed by atoms with Crippen molar-refractivity contribution in [3.63, 3.8) is 0 Å². The number of amides is 2. The van der Waals surface area contributed by atoms with Gasteiger partial charge >= 0.3 is 0 Å². The molecule has 1 fully saturated rings. The fourth-order valence-corrected chi connectivity index (χ4v) is 3.61. The van der Waals surface area contributed by atoms with Gasteiger partial charge in [0.25, 0.3) is 11.1 Å². The van der Waals surface area contributed by atoms with E-state index in [-0.39, 0.29) is 17.0 Å². The molecule has 0 aromatic heterocycles. The summed E-state index contributed by atoms with van der Waals surface area (Å²) in [4.78, 5) is 26.2. The number of methoxy groups -OCH3 is 3. The monoisotopic (exact) mass is 403 g/mol. The first-order chi connectivity index (χ1) is 13.5. The van der Waals surface area contributed by atoms with E-state index in [1.165, 1.54) is 27.4 Å². The van der Waals surface area contributed by atoms with Crippen molar-refractivity contribution >= 4 is 29.0 Å². The van der Waals surface area contributed by atoms with Crippen molar-refractivity contribution in [3.8, 4) is 17.2 Å². The van der Waals surface area contributed by atoms with Crippen LogP contribution in [0.15, 0.2) is 41.3 Å². The predicted molar refractivity (Wildman–Crippen MR) is 104 cm³/mol. The molecule has 28 heavy (non-hydrogen) atoms. The molecular weight excluding hydrogens is 385 g/mol. The van der Waals surface area contributed by atoms with Crippen LogP contribution in [-0.2, 0) is 11.3 Å². The number of hydrogen-bond donors (Lipinski definition) is 0. The van der Waals surface area contributed by atoms with E-state index in [0.29, 0.717) is 22.8 Å². The first-order valence-corrected chi connectivity index (χ1v) is 9.09. The normalized spacial score (nSPS) is 15.3. The number of halogens is 1. The fraction of sp³-hybridized carbons (Fsp3) is 0.200. The maximum Gasteiger partial charge on any atom is 0.293 e. The largest absolute Gasteiger partial charge is 0.493 e. The van der Waals surface area contributed by atoms with E-state index in [1.807, 2.05) is 0 Å². The van der Waals surface area contributed by atoms with E-state index in [0.717, 1.165) is 16.7 Å². The van der Waals surface area contributed by atoms with Crippen molar-refractivity contribution in [3.05, 3.63) is 58.2 Å². The van der Waals surface area contributed by atoms with Crippen LogP contribution >= 0.6 is 11.8 Å². The first kappa shape index (κ1) is 19.8. The molecule has 0 radical (unpaired) electrons. The molecular formula is C20H18FNO5S. The zero-order chi connectivity index (χ0) is 20.3. The van der Waals surface area contributed by atoms with E-state index >= 15 is 0 Å². The Morgan fingerprint density at radius 3 is 2.25 bits per heavy atom. The highest BCUT2D eigenvalue weighted by atomic mass is 32.2. The van der Waals surface area contributed by atoms with Crippen LogP contribution in [-0.4, -0.2) is 37.4 Å². The highest BCUT2D eigenvalue weighted by molar-refractivity contribution is 8.18. The Labute approximate surface area is 165 Å². The molecule has 2 amide bonds.